The third-order valence-corrected chi connectivity index (χ3v) is 4.22. The van der Waals surface area contributed by atoms with Gasteiger partial charge in [-0.2, -0.15) is 0 Å². The minimum Gasteiger partial charge on any atom is -0.493 e. The topological polar surface area (TPSA) is 60.0 Å². The predicted molar refractivity (Wildman–Crippen MR) is 96.9 cm³/mol. The van der Waals surface area contributed by atoms with Crippen LogP contribution in [-0.2, 0) is 4.74 Å². The minimum absolute atomic E-state index is 0.0183. The second kappa shape index (κ2) is 8.05. The van der Waals surface area contributed by atoms with Crippen LogP contribution >= 0.6 is 0 Å². The van der Waals surface area contributed by atoms with E-state index >= 15 is 0 Å². The Bertz CT molecular complexity index is 791. The van der Waals surface area contributed by atoms with Gasteiger partial charge in [0.25, 0.3) is 5.91 Å². The highest BCUT2D eigenvalue weighted by atomic mass is 19.1. The molecule has 1 fully saturated rings. The lowest BCUT2D eigenvalue weighted by Gasteiger charge is -2.31. The fourth-order valence-corrected chi connectivity index (χ4v) is 2.87. The molecule has 2 aromatic carbocycles. The van der Waals surface area contributed by atoms with E-state index in [1.165, 1.54) is 19.2 Å². The summed E-state index contributed by atoms with van der Waals surface area (Å²) in [5, 5.41) is 2.79. The van der Waals surface area contributed by atoms with E-state index in [2.05, 4.69) is 10.2 Å². The number of nitrogens with zero attached hydrogens (tertiary/aromatic N) is 1. The first-order valence-electron chi connectivity index (χ1n) is 8.28. The SMILES string of the molecule is COc1cc(NC(=O)c2ccccc2F)c(N2CCOCC2)cc1OC. The normalized spacial score (nSPS) is 14.0. The average molecular weight is 360 g/mol. The van der Waals surface area contributed by atoms with Crippen LogP contribution in [-0.4, -0.2) is 46.4 Å². The van der Waals surface area contributed by atoms with Gasteiger partial charge in [-0.3, -0.25) is 4.79 Å². The van der Waals surface area contributed by atoms with Gasteiger partial charge in [0.1, 0.15) is 5.82 Å². The van der Waals surface area contributed by atoms with Crippen LogP contribution in [0.3, 0.4) is 0 Å². The molecule has 7 heteroatoms. The third-order valence-electron chi connectivity index (χ3n) is 4.22. The van der Waals surface area contributed by atoms with Gasteiger partial charge in [0, 0.05) is 25.2 Å². The highest BCUT2D eigenvalue weighted by Gasteiger charge is 2.21. The number of anilines is 2. The molecular formula is C19H21FN2O4. The van der Waals surface area contributed by atoms with Gasteiger partial charge in [0.2, 0.25) is 0 Å². The highest BCUT2D eigenvalue weighted by molar-refractivity contribution is 6.06. The van der Waals surface area contributed by atoms with Gasteiger partial charge in [0.15, 0.2) is 11.5 Å². The van der Waals surface area contributed by atoms with Crippen LogP contribution in [0.2, 0.25) is 0 Å². The van der Waals surface area contributed by atoms with Gasteiger partial charge in [0.05, 0.1) is 44.4 Å². The molecule has 1 amide bonds. The summed E-state index contributed by atoms with van der Waals surface area (Å²) in [6.07, 6.45) is 0. The van der Waals surface area contributed by atoms with Crippen molar-refractivity contribution in [2.45, 2.75) is 0 Å². The summed E-state index contributed by atoms with van der Waals surface area (Å²) in [5.41, 5.74) is 1.28. The van der Waals surface area contributed by atoms with Gasteiger partial charge >= 0.3 is 0 Å². The number of methoxy groups -OCH3 is 2. The number of rotatable bonds is 5. The molecule has 0 aromatic heterocycles. The van der Waals surface area contributed by atoms with Crippen LogP contribution in [0, 0.1) is 5.82 Å². The molecule has 138 valence electrons. The molecule has 0 bridgehead atoms. The van der Waals surface area contributed by atoms with Crippen molar-refractivity contribution in [3.8, 4) is 11.5 Å². The van der Waals surface area contributed by atoms with E-state index in [0.29, 0.717) is 43.5 Å². The van der Waals surface area contributed by atoms with Crippen LogP contribution in [0.4, 0.5) is 15.8 Å². The Kier molecular flexibility index (Phi) is 5.58. The largest absolute Gasteiger partial charge is 0.493 e. The summed E-state index contributed by atoms with van der Waals surface area (Å²) in [7, 11) is 3.08. The van der Waals surface area contributed by atoms with E-state index in [0.717, 1.165) is 5.69 Å². The molecule has 3 rings (SSSR count). The summed E-state index contributed by atoms with van der Waals surface area (Å²) in [4.78, 5) is 14.6. The van der Waals surface area contributed by atoms with Crippen molar-refractivity contribution in [2.75, 3.05) is 50.7 Å². The van der Waals surface area contributed by atoms with Crippen LogP contribution in [0.25, 0.3) is 0 Å². The van der Waals surface area contributed by atoms with Crippen molar-refractivity contribution in [3.63, 3.8) is 0 Å². The number of carbonyl (C=O) groups is 1. The van der Waals surface area contributed by atoms with Crippen LogP contribution in [0.5, 0.6) is 11.5 Å². The van der Waals surface area contributed by atoms with Crippen LogP contribution in [0.15, 0.2) is 36.4 Å². The summed E-state index contributed by atoms with van der Waals surface area (Å²) in [6, 6.07) is 9.35. The second-order valence-electron chi connectivity index (χ2n) is 5.76. The van der Waals surface area contributed by atoms with Crippen molar-refractivity contribution >= 4 is 17.3 Å². The number of halogens is 1. The molecule has 1 N–H and O–H groups in total. The zero-order chi connectivity index (χ0) is 18.5. The Morgan fingerprint density at radius 2 is 1.77 bits per heavy atom. The average Bonchev–Trinajstić information content (AvgIpc) is 2.68. The highest BCUT2D eigenvalue weighted by Crippen LogP contribution is 2.39. The maximum absolute atomic E-state index is 13.9. The first kappa shape index (κ1) is 18.0. The number of ether oxygens (including phenoxy) is 3. The van der Waals surface area contributed by atoms with Crippen LogP contribution in [0.1, 0.15) is 10.4 Å². The van der Waals surface area contributed by atoms with Gasteiger partial charge in [-0.1, -0.05) is 12.1 Å². The summed E-state index contributed by atoms with van der Waals surface area (Å²) < 4.78 is 30.0. The zero-order valence-corrected chi connectivity index (χ0v) is 14.8. The third kappa shape index (κ3) is 3.72. The Hall–Kier alpha value is -2.80. The molecule has 1 aliphatic heterocycles. The number of hydrogen-bond donors (Lipinski definition) is 1. The van der Waals surface area contributed by atoms with Gasteiger partial charge in [-0.05, 0) is 12.1 Å². The molecule has 0 spiro atoms. The quantitative estimate of drug-likeness (QED) is 0.888. The molecule has 0 aliphatic carbocycles. The number of amides is 1. The van der Waals surface area contributed by atoms with E-state index in [9.17, 15) is 9.18 Å². The Balaban J connectivity index is 1.98. The fraction of sp³-hybridized carbons (Fsp3) is 0.316. The summed E-state index contributed by atoms with van der Waals surface area (Å²) in [6.45, 7) is 2.54. The number of nitrogens with one attached hydrogen (secondary N) is 1. The van der Waals surface area contributed by atoms with Crippen molar-refractivity contribution in [3.05, 3.63) is 47.8 Å². The molecule has 26 heavy (non-hydrogen) atoms. The standard InChI is InChI=1S/C19H21FN2O4/c1-24-17-11-15(21-19(23)13-5-3-4-6-14(13)20)16(12-18(17)25-2)22-7-9-26-10-8-22/h3-6,11-12H,7-10H2,1-2H3,(H,21,23). The van der Waals surface area contributed by atoms with Gasteiger partial charge in [-0.15, -0.1) is 0 Å². The molecule has 1 heterocycles. The maximum atomic E-state index is 13.9. The lowest BCUT2D eigenvalue weighted by molar-refractivity contribution is 0.102. The molecule has 0 unspecified atom stereocenters. The molecule has 1 saturated heterocycles. The molecule has 6 nitrogen and oxygen atoms in total. The van der Waals surface area contributed by atoms with Crippen molar-refractivity contribution in [2.24, 2.45) is 0 Å². The molecular weight excluding hydrogens is 339 g/mol. The van der Waals surface area contributed by atoms with E-state index < -0.39 is 11.7 Å². The summed E-state index contributed by atoms with van der Waals surface area (Å²) >= 11 is 0. The predicted octanol–water partition coefficient (Wildman–Crippen LogP) is 2.93. The first-order valence-corrected chi connectivity index (χ1v) is 8.28. The number of hydrogen-bond acceptors (Lipinski definition) is 5. The molecule has 1 aliphatic rings. The van der Waals surface area contributed by atoms with E-state index in [1.807, 2.05) is 0 Å². The second-order valence-corrected chi connectivity index (χ2v) is 5.76. The summed E-state index contributed by atoms with van der Waals surface area (Å²) in [5.74, 6) is -0.0607. The van der Waals surface area contributed by atoms with Gasteiger partial charge < -0.3 is 24.4 Å². The maximum Gasteiger partial charge on any atom is 0.258 e. The fourth-order valence-electron chi connectivity index (χ4n) is 2.87. The van der Waals surface area contributed by atoms with E-state index in [1.54, 1.807) is 31.4 Å². The van der Waals surface area contributed by atoms with Gasteiger partial charge in [-0.25, -0.2) is 4.39 Å². The minimum atomic E-state index is -0.571. The lowest BCUT2D eigenvalue weighted by Crippen LogP contribution is -2.36. The smallest absolute Gasteiger partial charge is 0.258 e. The van der Waals surface area contributed by atoms with Crippen molar-refractivity contribution in [1.29, 1.82) is 0 Å². The number of carbonyl (C=O) groups excluding carboxylic acids is 1. The Morgan fingerprint density at radius 1 is 1.12 bits per heavy atom. The lowest BCUT2D eigenvalue weighted by atomic mass is 10.1. The Morgan fingerprint density at radius 3 is 2.42 bits per heavy atom. The molecule has 0 radical (unpaired) electrons. The molecule has 2 aromatic rings. The Labute approximate surface area is 151 Å². The van der Waals surface area contributed by atoms with Crippen molar-refractivity contribution < 1.29 is 23.4 Å². The number of morpholine rings is 1. The van der Waals surface area contributed by atoms with E-state index in [4.69, 9.17) is 14.2 Å². The monoisotopic (exact) mass is 360 g/mol. The molecule has 0 saturated carbocycles. The molecule has 0 atom stereocenters. The number of benzene rings is 2. The van der Waals surface area contributed by atoms with Crippen molar-refractivity contribution in [1.82, 2.24) is 0 Å². The van der Waals surface area contributed by atoms with E-state index in [-0.39, 0.29) is 5.56 Å². The van der Waals surface area contributed by atoms with Crippen LogP contribution < -0.4 is 19.7 Å². The zero-order valence-electron chi connectivity index (χ0n) is 14.8. The first-order chi connectivity index (χ1) is 12.6.